The standard InChI is InChI=1S/C62H41NO/c1-2-15-41(16-3-1)42-31-36-46(37-32-42)63(45-18-12-17-43(33-38-45)49-24-13-25-53-52-21-7-11-30-59(52)64-61(49)53)47-39-34-44(35-40-47)48-23-14-29-58-60(48)54-22-6-10-28-57(54)62(58)55-26-8-4-19-50(55)51-20-5-9-27-56(51)62/h1-40,45H. The minimum Gasteiger partial charge on any atom is -0.455 e. The molecule has 1 heterocycles. The Morgan fingerprint density at radius 2 is 0.922 bits per heavy atom. The van der Waals surface area contributed by atoms with E-state index in [9.17, 15) is 0 Å². The lowest BCUT2D eigenvalue weighted by atomic mass is 9.70. The van der Waals surface area contributed by atoms with Gasteiger partial charge in [-0.25, -0.2) is 0 Å². The highest BCUT2D eigenvalue weighted by atomic mass is 16.3. The first-order valence-electron chi connectivity index (χ1n) is 22.2. The molecule has 64 heavy (non-hydrogen) atoms. The maximum absolute atomic E-state index is 6.48. The summed E-state index contributed by atoms with van der Waals surface area (Å²) in [6.07, 6.45) is 11.3. The average Bonchev–Trinajstić information content (AvgIpc) is 3.92. The van der Waals surface area contributed by atoms with Crippen LogP contribution in [0.5, 0.6) is 0 Å². The first kappa shape index (κ1) is 36.5. The zero-order valence-corrected chi connectivity index (χ0v) is 35.0. The molecule has 2 nitrogen and oxygen atoms in total. The molecule has 0 saturated carbocycles. The summed E-state index contributed by atoms with van der Waals surface area (Å²) in [7, 11) is 0. The van der Waals surface area contributed by atoms with Crippen LogP contribution in [-0.4, -0.2) is 6.04 Å². The summed E-state index contributed by atoms with van der Waals surface area (Å²) in [6, 6.07) is 77.6. The van der Waals surface area contributed by atoms with Gasteiger partial charge in [0.05, 0.1) is 11.5 Å². The number of para-hydroxylation sites is 2. The second kappa shape index (κ2) is 14.4. The van der Waals surface area contributed by atoms with Crippen molar-refractivity contribution in [1.29, 1.82) is 0 Å². The predicted octanol–water partition coefficient (Wildman–Crippen LogP) is 16.0. The molecule has 0 N–H and O–H groups in total. The SMILES string of the molecule is C1=CC(N(c2ccc(-c3ccccc3)cc2)c2ccc(-c3cccc4c3-c3ccccc3C43c4ccccc4-c4ccccc43)cc2)C=CC(c2cccc3c2oc2ccccc23)=C1. The molecule has 9 aromatic carbocycles. The predicted molar refractivity (Wildman–Crippen MR) is 266 cm³/mol. The maximum Gasteiger partial charge on any atom is 0.143 e. The molecule has 2 heteroatoms. The van der Waals surface area contributed by atoms with Crippen LogP contribution in [0.25, 0.3) is 72.0 Å². The molecular weight excluding hydrogens is 775 g/mol. The summed E-state index contributed by atoms with van der Waals surface area (Å²) >= 11 is 0. The minimum atomic E-state index is -0.376. The molecular formula is C62H41NO. The number of rotatable bonds is 6. The van der Waals surface area contributed by atoms with Gasteiger partial charge in [0, 0.05) is 27.7 Å². The Morgan fingerprint density at radius 1 is 0.391 bits per heavy atom. The summed E-state index contributed by atoms with van der Waals surface area (Å²) in [5.41, 5.74) is 21.4. The number of allylic oxidation sites excluding steroid dienone is 4. The number of nitrogens with zero attached hydrogens (tertiary/aromatic N) is 1. The molecule has 0 saturated heterocycles. The monoisotopic (exact) mass is 815 g/mol. The van der Waals surface area contributed by atoms with Gasteiger partial charge in [0.1, 0.15) is 11.2 Å². The van der Waals surface area contributed by atoms with Gasteiger partial charge in [-0.2, -0.15) is 0 Å². The van der Waals surface area contributed by atoms with E-state index in [2.05, 4.69) is 235 Å². The Morgan fingerprint density at radius 3 is 1.66 bits per heavy atom. The number of fused-ring (bicyclic) bond motifs is 13. The third-order valence-corrected chi connectivity index (χ3v) is 13.8. The lowest BCUT2D eigenvalue weighted by Crippen LogP contribution is -2.27. The van der Waals surface area contributed by atoms with Crippen molar-refractivity contribution in [2.24, 2.45) is 0 Å². The fourth-order valence-electron chi connectivity index (χ4n) is 11.0. The second-order valence-corrected chi connectivity index (χ2v) is 17.1. The van der Waals surface area contributed by atoms with Gasteiger partial charge in [-0.1, -0.05) is 212 Å². The molecule has 1 aromatic heterocycles. The van der Waals surface area contributed by atoms with Crippen molar-refractivity contribution in [3.05, 3.63) is 271 Å². The van der Waals surface area contributed by atoms with Crippen LogP contribution in [0.1, 0.15) is 27.8 Å². The average molecular weight is 816 g/mol. The van der Waals surface area contributed by atoms with Crippen molar-refractivity contribution in [2.45, 2.75) is 11.5 Å². The largest absolute Gasteiger partial charge is 0.455 e. The van der Waals surface area contributed by atoms with Crippen molar-refractivity contribution in [3.8, 4) is 44.5 Å². The quantitative estimate of drug-likeness (QED) is 0.166. The smallest absolute Gasteiger partial charge is 0.143 e. The molecule has 3 aliphatic carbocycles. The molecule has 1 unspecified atom stereocenters. The van der Waals surface area contributed by atoms with Gasteiger partial charge in [0.2, 0.25) is 0 Å². The number of hydrogen-bond acceptors (Lipinski definition) is 2. The van der Waals surface area contributed by atoms with Gasteiger partial charge in [-0.05, 0) is 103 Å². The van der Waals surface area contributed by atoms with E-state index in [1.807, 2.05) is 12.1 Å². The summed E-state index contributed by atoms with van der Waals surface area (Å²) < 4.78 is 6.48. The molecule has 0 fully saturated rings. The van der Waals surface area contributed by atoms with Gasteiger partial charge < -0.3 is 9.32 Å². The van der Waals surface area contributed by atoms with E-state index in [4.69, 9.17) is 4.42 Å². The third-order valence-electron chi connectivity index (χ3n) is 13.8. The number of furan rings is 1. The number of anilines is 2. The number of hydrogen-bond donors (Lipinski definition) is 0. The second-order valence-electron chi connectivity index (χ2n) is 17.1. The van der Waals surface area contributed by atoms with Crippen molar-refractivity contribution in [1.82, 2.24) is 0 Å². The van der Waals surface area contributed by atoms with Gasteiger partial charge in [0.15, 0.2) is 0 Å². The zero-order chi connectivity index (χ0) is 42.2. The Bertz CT molecular complexity index is 3500. The summed E-state index contributed by atoms with van der Waals surface area (Å²) in [5.74, 6) is 0. The molecule has 3 aliphatic rings. The molecule has 0 bridgehead atoms. The van der Waals surface area contributed by atoms with Crippen molar-refractivity contribution >= 4 is 38.9 Å². The summed E-state index contributed by atoms with van der Waals surface area (Å²) in [6.45, 7) is 0. The Kier molecular flexibility index (Phi) is 8.23. The van der Waals surface area contributed by atoms with Crippen molar-refractivity contribution in [3.63, 3.8) is 0 Å². The van der Waals surface area contributed by atoms with Gasteiger partial charge >= 0.3 is 0 Å². The Balaban J connectivity index is 0.913. The minimum absolute atomic E-state index is 0.0627. The fourth-order valence-corrected chi connectivity index (χ4v) is 11.0. The van der Waals surface area contributed by atoms with Crippen molar-refractivity contribution < 1.29 is 4.42 Å². The molecule has 10 aromatic rings. The van der Waals surface area contributed by atoms with E-state index in [-0.39, 0.29) is 11.5 Å². The molecule has 1 spiro atoms. The van der Waals surface area contributed by atoms with Crippen LogP contribution in [-0.2, 0) is 5.41 Å². The van der Waals surface area contributed by atoms with Crippen LogP contribution < -0.4 is 4.90 Å². The van der Waals surface area contributed by atoms with E-state index in [1.54, 1.807) is 0 Å². The van der Waals surface area contributed by atoms with Crippen LogP contribution in [0.4, 0.5) is 11.4 Å². The first-order valence-corrected chi connectivity index (χ1v) is 22.2. The third kappa shape index (κ3) is 5.39. The Labute approximate surface area is 373 Å². The van der Waals surface area contributed by atoms with E-state index in [0.717, 1.165) is 44.4 Å². The van der Waals surface area contributed by atoms with E-state index in [0.29, 0.717) is 0 Å². The van der Waals surface area contributed by atoms with Gasteiger partial charge in [0.25, 0.3) is 0 Å². The molecule has 300 valence electrons. The van der Waals surface area contributed by atoms with Crippen LogP contribution in [0, 0.1) is 0 Å². The lowest BCUT2D eigenvalue weighted by Gasteiger charge is -2.31. The molecule has 13 rings (SSSR count). The highest BCUT2D eigenvalue weighted by molar-refractivity contribution is 6.09. The summed E-state index contributed by atoms with van der Waals surface area (Å²) in [5, 5.41) is 2.27. The first-order chi connectivity index (χ1) is 31.8. The topological polar surface area (TPSA) is 16.4 Å². The van der Waals surface area contributed by atoms with E-state index < -0.39 is 0 Å². The fraction of sp³-hybridized carbons (Fsp3) is 0.0323. The molecule has 0 aliphatic heterocycles. The molecule has 0 amide bonds. The van der Waals surface area contributed by atoms with Crippen LogP contribution in [0.15, 0.2) is 247 Å². The van der Waals surface area contributed by atoms with Crippen LogP contribution >= 0.6 is 0 Å². The maximum atomic E-state index is 6.48. The zero-order valence-electron chi connectivity index (χ0n) is 35.0. The number of benzene rings is 9. The molecule has 1 atom stereocenters. The normalized spacial score (nSPS) is 15.1. The van der Waals surface area contributed by atoms with Crippen LogP contribution in [0.3, 0.4) is 0 Å². The lowest BCUT2D eigenvalue weighted by molar-refractivity contribution is 0.668. The summed E-state index contributed by atoms with van der Waals surface area (Å²) in [4.78, 5) is 2.44. The van der Waals surface area contributed by atoms with Gasteiger partial charge in [-0.3, -0.25) is 0 Å². The Hall–Kier alpha value is -8.20. The highest BCUT2D eigenvalue weighted by Gasteiger charge is 2.51. The van der Waals surface area contributed by atoms with Gasteiger partial charge in [-0.15, -0.1) is 0 Å². The van der Waals surface area contributed by atoms with Crippen molar-refractivity contribution in [2.75, 3.05) is 4.90 Å². The molecule has 0 radical (unpaired) electrons. The van der Waals surface area contributed by atoms with Crippen LogP contribution in [0.2, 0.25) is 0 Å². The van der Waals surface area contributed by atoms with E-state index in [1.165, 1.54) is 66.8 Å². The highest BCUT2D eigenvalue weighted by Crippen LogP contribution is 2.64. The van der Waals surface area contributed by atoms with E-state index >= 15 is 0 Å².